The molecule has 164 valence electrons. The molecule has 0 aromatic carbocycles. The highest BCUT2D eigenvalue weighted by Crippen LogP contribution is 2.35. The molecule has 1 spiro atoms. The molecule has 0 radical (unpaired) electrons. The molecule has 4 heterocycles. The maximum absolute atomic E-state index is 12.9. The highest BCUT2D eigenvalue weighted by molar-refractivity contribution is 5.88. The van der Waals surface area contributed by atoms with Gasteiger partial charge in [-0.25, -0.2) is 0 Å². The van der Waals surface area contributed by atoms with Crippen molar-refractivity contribution >= 4 is 11.8 Å². The van der Waals surface area contributed by atoms with Crippen LogP contribution in [0.5, 0.6) is 0 Å². The summed E-state index contributed by atoms with van der Waals surface area (Å²) in [5.41, 5.74) is 0. The molecule has 4 aliphatic heterocycles. The third kappa shape index (κ3) is 4.76. The Hall–Kier alpha value is -1.22. The Morgan fingerprint density at radius 2 is 1.86 bits per heavy atom. The first kappa shape index (κ1) is 21.0. The molecule has 2 unspecified atom stereocenters. The quantitative estimate of drug-likeness (QED) is 0.720. The average molecular weight is 409 g/mol. The van der Waals surface area contributed by atoms with Crippen molar-refractivity contribution < 1.29 is 19.1 Å². The van der Waals surface area contributed by atoms with Gasteiger partial charge >= 0.3 is 0 Å². The van der Waals surface area contributed by atoms with E-state index in [-0.39, 0.29) is 30.4 Å². The van der Waals surface area contributed by atoms with E-state index in [1.165, 1.54) is 25.9 Å². The zero-order valence-electron chi connectivity index (χ0n) is 17.9. The van der Waals surface area contributed by atoms with Crippen LogP contribution >= 0.6 is 0 Å². The minimum atomic E-state index is -0.545. The van der Waals surface area contributed by atoms with Gasteiger partial charge in [0, 0.05) is 51.0 Å². The molecule has 4 saturated heterocycles. The molecular formula is C21H36N4O4. The number of rotatable bonds is 4. The monoisotopic (exact) mass is 408 g/mol. The predicted octanol–water partition coefficient (Wildman–Crippen LogP) is 0.273. The number of nitrogens with one attached hydrogen (secondary N) is 1. The molecule has 0 aromatic rings. The van der Waals surface area contributed by atoms with Crippen molar-refractivity contribution in [1.82, 2.24) is 20.0 Å². The molecule has 4 rings (SSSR count). The summed E-state index contributed by atoms with van der Waals surface area (Å²) in [5.74, 6) is -0.0717. The van der Waals surface area contributed by atoms with Crippen molar-refractivity contribution in [3.05, 3.63) is 0 Å². The van der Waals surface area contributed by atoms with Crippen LogP contribution in [0.25, 0.3) is 0 Å². The van der Waals surface area contributed by atoms with Crippen molar-refractivity contribution in [3.63, 3.8) is 0 Å². The third-order valence-electron chi connectivity index (χ3n) is 6.91. The van der Waals surface area contributed by atoms with Gasteiger partial charge in [-0.1, -0.05) is 0 Å². The Kier molecular flexibility index (Phi) is 6.44. The van der Waals surface area contributed by atoms with Crippen molar-refractivity contribution in [2.75, 3.05) is 59.0 Å². The van der Waals surface area contributed by atoms with E-state index in [1.807, 2.05) is 11.8 Å². The molecule has 29 heavy (non-hydrogen) atoms. The van der Waals surface area contributed by atoms with Crippen LogP contribution in [0.2, 0.25) is 0 Å². The van der Waals surface area contributed by atoms with Crippen molar-refractivity contribution in [3.8, 4) is 0 Å². The van der Waals surface area contributed by atoms with Gasteiger partial charge in [0.25, 0.3) is 0 Å². The normalized spacial score (nSPS) is 36.8. The molecule has 2 amide bonds. The average Bonchev–Trinajstić information content (AvgIpc) is 3.20. The fraction of sp³-hybridized carbons (Fsp3) is 0.905. The second-order valence-electron chi connectivity index (χ2n) is 9.23. The Labute approximate surface area is 173 Å². The van der Waals surface area contributed by atoms with Crippen LogP contribution in [0.3, 0.4) is 0 Å². The number of ether oxygens (including phenoxy) is 2. The maximum atomic E-state index is 12.9. The van der Waals surface area contributed by atoms with Crippen molar-refractivity contribution in [2.45, 2.75) is 57.4 Å². The third-order valence-corrected chi connectivity index (χ3v) is 6.91. The van der Waals surface area contributed by atoms with E-state index in [1.54, 1.807) is 4.90 Å². The van der Waals surface area contributed by atoms with Gasteiger partial charge in [0.1, 0.15) is 0 Å². The van der Waals surface area contributed by atoms with Crippen molar-refractivity contribution in [2.24, 2.45) is 5.92 Å². The zero-order valence-corrected chi connectivity index (χ0v) is 17.9. The van der Waals surface area contributed by atoms with Gasteiger partial charge in [-0.2, -0.15) is 0 Å². The molecule has 8 nitrogen and oxygen atoms in total. The number of piperidine rings is 1. The fourth-order valence-corrected chi connectivity index (χ4v) is 5.17. The van der Waals surface area contributed by atoms with Crippen LogP contribution in [0.15, 0.2) is 0 Å². The molecule has 0 aromatic heterocycles. The highest BCUT2D eigenvalue weighted by Gasteiger charge is 2.45. The van der Waals surface area contributed by atoms with Crippen LogP contribution in [0, 0.1) is 5.92 Å². The van der Waals surface area contributed by atoms with Gasteiger partial charge in [-0.15, -0.1) is 0 Å². The summed E-state index contributed by atoms with van der Waals surface area (Å²) in [6.45, 7) is 11.0. The topological polar surface area (TPSA) is 74.3 Å². The minimum Gasteiger partial charge on any atom is -0.349 e. The van der Waals surface area contributed by atoms with Crippen LogP contribution in [-0.4, -0.2) is 103 Å². The SMILES string of the molecule is CC1NCCN(CC(=O)N2CCC3(CC2C)OCC(CN2CCCC2)CO3)C1=O. The van der Waals surface area contributed by atoms with E-state index in [2.05, 4.69) is 17.1 Å². The van der Waals surface area contributed by atoms with Crippen molar-refractivity contribution in [1.29, 1.82) is 0 Å². The number of carbonyl (C=O) groups is 2. The van der Waals surface area contributed by atoms with Gasteiger partial charge in [0.15, 0.2) is 5.79 Å². The molecule has 8 heteroatoms. The second-order valence-corrected chi connectivity index (χ2v) is 9.23. The molecule has 2 atom stereocenters. The maximum Gasteiger partial charge on any atom is 0.242 e. The summed E-state index contributed by atoms with van der Waals surface area (Å²) in [6, 6.07) is -0.169. The van der Waals surface area contributed by atoms with Gasteiger partial charge in [0.2, 0.25) is 11.8 Å². The van der Waals surface area contributed by atoms with Gasteiger partial charge < -0.3 is 29.5 Å². The first-order valence-electron chi connectivity index (χ1n) is 11.3. The van der Waals surface area contributed by atoms with Crippen LogP contribution in [-0.2, 0) is 19.1 Å². The van der Waals surface area contributed by atoms with Gasteiger partial charge in [-0.05, 0) is 39.8 Å². The number of hydrogen-bond donors (Lipinski definition) is 1. The number of amides is 2. The van der Waals surface area contributed by atoms with E-state index in [4.69, 9.17) is 9.47 Å². The summed E-state index contributed by atoms with van der Waals surface area (Å²) < 4.78 is 12.5. The van der Waals surface area contributed by atoms with E-state index in [9.17, 15) is 9.59 Å². The zero-order chi connectivity index (χ0) is 20.4. The predicted molar refractivity (Wildman–Crippen MR) is 108 cm³/mol. The summed E-state index contributed by atoms with van der Waals surface area (Å²) in [4.78, 5) is 31.2. The van der Waals surface area contributed by atoms with E-state index in [0.717, 1.165) is 26.3 Å². The summed E-state index contributed by atoms with van der Waals surface area (Å²) in [5, 5.41) is 3.14. The Morgan fingerprint density at radius 3 is 2.55 bits per heavy atom. The molecule has 4 fully saturated rings. The number of piperazine rings is 1. The molecule has 0 aliphatic carbocycles. The lowest BCUT2D eigenvalue weighted by atomic mass is 9.95. The number of nitrogens with zero attached hydrogens (tertiary/aromatic N) is 3. The first-order valence-corrected chi connectivity index (χ1v) is 11.3. The van der Waals surface area contributed by atoms with Gasteiger partial charge in [-0.3, -0.25) is 9.59 Å². The molecule has 4 aliphatic rings. The highest BCUT2D eigenvalue weighted by atomic mass is 16.7. The Morgan fingerprint density at radius 1 is 1.14 bits per heavy atom. The summed E-state index contributed by atoms with van der Waals surface area (Å²) >= 11 is 0. The minimum absolute atomic E-state index is 0.00808. The number of carbonyl (C=O) groups excluding carboxylic acids is 2. The number of likely N-dealkylation sites (tertiary alicyclic amines) is 2. The smallest absolute Gasteiger partial charge is 0.242 e. The lowest BCUT2D eigenvalue weighted by Gasteiger charge is -2.48. The summed E-state index contributed by atoms with van der Waals surface area (Å²) in [7, 11) is 0. The van der Waals surface area contributed by atoms with Gasteiger partial charge in [0.05, 0.1) is 25.8 Å². The van der Waals surface area contributed by atoms with Crippen LogP contribution in [0.1, 0.15) is 39.5 Å². The Balaban J connectivity index is 1.26. The molecular weight excluding hydrogens is 372 g/mol. The Bertz CT molecular complexity index is 601. The molecule has 1 N–H and O–H groups in total. The van der Waals surface area contributed by atoms with E-state index in [0.29, 0.717) is 31.8 Å². The summed E-state index contributed by atoms with van der Waals surface area (Å²) in [6.07, 6.45) is 4.00. The van der Waals surface area contributed by atoms with Crippen LogP contribution < -0.4 is 5.32 Å². The first-order chi connectivity index (χ1) is 14.0. The standard InChI is InChI=1S/C21H36N4O4/c1-16-11-21(28-14-18(15-29-21)12-23-7-3-4-8-23)5-9-25(16)19(26)13-24-10-6-22-17(2)20(24)27/h16-18,22H,3-15H2,1-2H3. The lowest BCUT2D eigenvalue weighted by molar-refractivity contribution is -0.303. The molecule has 0 saturated carbocycles. The molecule has 0 bridgehead atoms. The van der Waals surface area contributed by atoms with E-state index >= 15 is 0 Å². The largest absolute Gasteiger partial charge is 0.349 e. The number of hydrogen-bond acceptors (Lipinski definition) is 6. The fourth-order valence-electron chi connectivity index (χ4n) is 5.17. The lowest BCUT2D eigenvalue weighted by Crippen LogP contribution is -2.60. The van der Waals surface area contributed by atoms with E-state index < -0.39 is 5.79 Å². The second kappa shape index (κ2) is 8.88. The van der Waals surface area contributed by atoms with Crippen LogP contribution in [0.4, 0.5) is 0 Å².